The third-order valence-electron chi connectivity index (χ3n) is 4.21. The molecule has 2 rings (SSSR count). The van der Waals surface area contributed by atoms with E-state index in [1.54, 1.807) is 26.0 Å². The van der Waals surface area contributed by atoms with Crippen molar-refractivity contribution in [3.8, 4) is 0 Å². The van der Waals surface area contributed by atoms with E-state index in [0.29, 0.717) is 23.3 Å². The number of hydrogen-bond donors (Lipinski definition) is 2. The second-order valence-corrected chi connectivity index (χ2v) is 8.98. The standard InChI is InChI=1S/C20H28N2O4S/c1-13(2)9-18(20(23)21-12-17-7-6-8-26-17)22-27(24,25)19-15(4)10-14(3)11-16(19)5/h6-8,10-11,13,18,22H,9,12H2,1-5H3,(H,21,23)/t18-/m0/s1. The average Bonchev–Trinajstić information content (AvgIpc) is 3.03. The minimum Gasteiger partial charge on any atom is -0.467 e. The van der Waals surface area contributed by atoms with Crippen molar-refractivity contribution in [2.45, 2.75) is 58.5 Å². The largest absolute Gasteiger partial charge is 0.467 e. The molecule has 2 aromatic rings. The van der Waals surface area contributed by atoms with Crippen LogP contribution in [0.2, 0.25) is 0 Å². The molecule has 0 spiro atoms. The Labute approximate surface area is 161 Å². The molecule has 1 aromatic carbocycles. The Morgan fingerprint density at radius 3 is 2.30 bits per heavy atom. The van der Waals surface area contributed by atoms with Crippen molar-refractivity contribution in [3.05, 3.63) is 53.0 Å². The minimum atomic E-state index is -3.83. The molecule has 1 heterocycles. The summed E-state index contributed by atoms with van der Waals surface area (Å²) in [6.45, 7) is 9.57. The fourth-order valence-electron chi connectivity index (χ4n) is 3.23. The number of aryl methyl sites for hydroxylation is 3. The van der Waals surface area contributed by atoms with Crippen LogP contribution in [0.15, 0.2) is 39.8 Å². The minimum absolute atomic E-state index is 0.146. The van der Waals surface area contributed by atoms with Gasteiger partial charge in [-0.25, -0.2) is 8.42 Å². The number of furan rings is 1. The lowest BCUT2D eigenvalue weighted by atomic mass is 10.0. The maximum atomic E-state index is 13.0. The predicted octanol–water partition coefficient (Wildman–Crippen LogP) is 3.21. The summed E-state index contributed by atoms with van der Waals surface area (Å²) in [5.74, 6) is 0.387. The zero-order valence-corrected chi connectivity index (χ0v) is 17.3. The molecule has 0 aliphatic rings. The monoisotopic (exact) mass is 392 g/mol. The molecule has 0 aliphatic heterocycles. The Bertz CT molecular complexity index is 864. The van der Waals surface area contributed by atoms with Gasteiger partial charge in [-0.1, -0.05) is 31.5 Å². The normalized spacial score (nSPS) is 13.0. The molecule has 0 fully saturated rings. The SMILES string of the molecule is Cc1cc(C)c(S(=O)(=O)N[C@@H](CC(C)C)C(=O)NCc2ccco2)c(C)c1. The van der Waals surface area contributed by atoms with Crippen LogP contribution in [0.25, 0.3) is 0 Å². The van der Waals surface area contributed by atoms with Crippen molar-refractivity contribution in [2.24, 2.45) is 5.92 Å². The maximum absolute atomic E-state index is 13.0. The second kappa shape index (κ2) is 8.71. The smallest absolute Gasteiger partial charge is 0.241 e. The van der Waals surface area contributed by atoms with Crippen molar-refractivity contribution in [2.75, 3.05) is 0 Å². The van der Waals surface area contributed by atoms with Crippen molar-refractivity contribution in [1.29, 1.82) is 0 Å². The van der Waals surface area contributed by atoms with E-state index in [0.717, 1.165) is 5.56 Å². The molecule has 27 heavy (non-hydrogen) atoms. The summed E-state index contributed by atoms with van der Waals surface area (Å²) in [5, 5.41) is 2.74. The molecule has 1 atom stereocenters. The number of carbonyl (C=O) groups is 1. The summed E-state index contributed by atoms with van der Waals surface area (Å²) in [6, 6.07) is 6.29. The van der Waals surface area contributed by atoms with Gasteiger partial charge in [-0.05, 0) is 56.4 Å². The third-order valence-corrected chi connectivity index (χ3v) is 5.99. The van der Waals surface area contributed by atoms with E-state index in [1.807, 2.05) is 32.9 Å². The van der Waals surface area contributed by atoms with Crippen LogP contribution in [-0.4, -0.2) is 20.4 Å². The van der Waals surface area contributed by atoms with E-state index in [2.05, 4.69) is 10.0 Å². The van der Waals surface area contributed by atoms with Gasteiger partial charge < -0.3 is 9.73 Å². The molecule has 2 N–H and O–H groups in total. The number of hydrogen-bond acceptors (Lipinski definition) is 4. The van der Waals surface area contributed by atoms with Gasteiger partial charge in [-0.2, -0.15) is 4.72 Å². The van der Waals surface area contributed by atoms with Crippen LogP contribution in [-0.2, 0) is 21.4 Å². The first kappa shape index (κ1) is 21.2. The van der Waals surface area contributed by atoms with E-state index in [1.165, 1.54) is 6.26 Å². The maximum Gasteiger partial charge on any atom is 0.241 e. The summed E-state index contributed by atoms with van der Waals surface area (Å²) < 4.78 is 33.8. The van der Waals surface area contributed by atoms with Gasteiger partial charge in [0.2, 0.25) is 15.9 Å². The molecule has 1 amide bonds. The van der Waals surface area contributed by atoms with Gasteiger partial charge in [0.25, 0.3) is 0 Å². The van der Waals surface area contributed by atoms with Crippen molar-refractivity contribution < 1.29 is 17.6 Å². The lowest BCUT2D eigenvalue weighted by Gasteiger charge is -2.21. The highest BCUT2D eigenvalue weighted by Crippen LogP contribution is 2.22. The number of amides is 1. The van der Waals surface area contributed by atoms with Crippen molar-refractivity contribution in [1.82, 2.24) is 10.0 Å². The Morgan fingerprint density at radius 1 is 1.15 bits per heavy atom. The molecule has 0 unspecified atom stereocenters. The summed E-state index contributed by atoms with van der Waals surface area (Å²) in [5.41, 5.74) is 2.33. The van der Waals surface area contributed by atoms with Gasteiger partial charge in [0.05, 0.1) is 17.7 Å². The third kappa shape index (κ3) is 5.68. The zero-order chi connectivity index (χ0) is 20.2. The zero-order valence-electron chi connectivity index (χ0n) is 16.5. The Hall–Kier alpha value is -2.12. The molecule has 0 saturated carbocycles. The van der Waals surface area contributed by atoms with Gasteiger partial charge in [-0.3, -0.25) is 4.79 Å². The van der Waals surface area contributed by atoms with Crippen molar-refractivity contribution in [3.63, 3.8) is 0 Å². The van der Waals surface area contributed by atoms with E-state index in [-0.39, 0.29) is 23.3 Å². The lowest BCUT2D eigenvalue weighted by Crippen LogP contribution is -2.47. The van der Waals surface area contributed by atoms with Crippen LogP contribution in [0.3, 0.4) is 0 Å². The molecular formula is C20H28N2O4S. The fraction of sp³-hybridized carbons (Fsp3) is 0.450. The number of nitrogens with one attached hydrogen (secondary N) is 2. The first-order valence-corrected chi connectivity index (χ1v) is 10.5. The number of carbonyl (C=O) groups excluding carboxylic acids is 1. The predicted molar refractivity (Wildman–Crippen MR) is 105 cm³/mol. The van der Waals surface area contributed by atoms with E-state index in [4.69, 9.17) is 4.42 Å². The molecule has 0 saturated heterocycles. The summed E-state index contributed by atoms with van der Waals surface area (Å²) >= 11 is 0. The number of rotatable bonds is 8. The van der Waals surface area contributed by atoms with Crippen LogP contribution in [0.1, 0.15) is 42.7 Å². The lowest BCUT2D eigenvalue weighted by molar-refractivity contribution is -0.123. The number of benzene rings is 1. The Morgan fingerprint density at radius 2 is 1.78 bits per heavy atom. The molecule has 1 aromatic heterocycles. The van der Waals surface area contributed by atoms with Crippen molar-refractivity contribution >= 4 is 15.9 Å². The Kier molecular flexibility index (Phi) is 6.84. The van der Waals surface area contributed by atoms with E-state index in [9.17, 15) is 13.2 Å². The molecule has 0 aliphatic carbocycles. The molecule has 0 bridgehead atoms. The van der Waals surface area contributed by atoms with E-state index >= 15 is 0 Å². The van der Waals surface area contributed by atoms with Crippen LogP contribution >= 0.6 is 0 Å². The van der Waals surface area contributed by atoms with Gasteiger partial charge in [0, 0.05) is 0 Å². The number of sulfonamides is 1. The highest BCUT2D eigenvalue weighted by atomic mass is 32.2. The van der Waals surface area contributed by atoms with Gasteiger partial charge in [0.15, 0.2) is 0 Å². The van der Waals surface area contributed by atoms with Crippen LogP contribution in [0.4, 0.5) is 0 Å². The van der Waals surface area contributed by atoms with Crippen LogP contribution < -0.4 is 10.0 Å². The highest BCUT2D eigenvalue weighted by molar-refractivity contribution is 7.89. The molecule has 148 valence electrons. The second-order valence-electron chi connectivity index (χ2n) is 7.33. The molecule has 0 radical (unpaired) electrons. The van der Waals surface area contributed by atoms with Crippen LogP contribution in [0, 0.1) is 26.7 Å². The van der Waals surface area contributed by atoms with Gasteiger partial charge in [-0.15, -0.1) is 0 Å². The van der Waals surface area contributed by atoms with Gasteiger partial charge >= 0.3 is 0 Å². The highest BCUT2D eigenvalue weighted by Gasteiger charge is 2.28. The first-order valence-electron chi connectivity index (χ1n) is 9.00. The first-order chi connectivity index (χ1) is 12.6. The summed E-state index contributed by atoms with van der Waals surface area (Å²) in [6.07, 6.45) is 1.92. The average molecular weight is 393 g/mol. The fourth-order valence-corrected chi connectivity index (χ4v) is 4.89. The van der Waals surface area contributed by atoms with E-state index < -0.39 is 16.1 Å². The summed E-state index contributed by atoms with van der Waals surface area (Å²) in [7, 11) is -3.83. The quantitative estimate of drug-likeness (QED) is 0.722. The summed E-state index contributed by atoms with van der Waals surface area (Å²) in [4.78, 5) is 12.9. The van der Waals surface area contributed by atoms with Crippen LogP contribution in [0.5, 0.6) is 0 Å². The molecular weight excluding hydrogens is 364 g/mol. The topological polar surface area (TPSA) is 88.4 Å². The molecule has 6 nitrogen and oxygen atoms in total. The van der Waals surface area contributed by atoms with Gasteiger partial charge in [0.1, 0.15) is 11.8 Å². The Balaban J connectivity index is 2.22. The molecule has 7 heteroatoms.